The third-order valence-electron chi connectivity index (χ3n) is 2.29. The van der Waals surface area contributed by atoms with Crippen LogP contribution in [0.2, 0.25) is 0 Å². The molecule has 1 heterocycles. The van der Waals surface area contributed by atoms with E-state index in [1.54, 1.807) is 24.1 Å². The van der Waals surface area contributed by atoms with Crippen molar-refractivity contribution in [3.63, 3.8) is 0 Å². The average molecular weight is 184 g/mol. The highest BCUT2D eigenvalue weighted by atomic mass is 16.5. The van der Waals surface area contributed by atoms with Crippen LogP contribution >= 0.6 is 0 Å². The summed E-state index contributed by atoms with van der Waals surface area (Å²) in [6.45, 7) is 3.65. The minimum Gasteiger partial charge on any atom is -0.382 e. The molecule has 74 valence electrons. The molecule has 4 heteroatoms. The Morgan fingerprint density at radius 3 is 2.62 bits per heavy atom. The van der Waals surface area contributed by atoms with E-state index in [1.807, 2.05) is 20.9 Å². The van der Waals surface area contributed by atoms with Gasteiger partial charge in [0, 0.05) is 26.6 Å². The van der Waals surface area contributed by atoms with Gasteiger partial charge in [-0.25, -0.2) is 4.98 Å². The standard InChI is InChI=1S/C9H16N2O2/c1-9(2,13-4)7(12)8-10-5-6-11(8)3/h5-7,12H,1-4H3. The number of aromatic nitrogens is 2. The van der Waals surface area contributed by atoms with Gasteiger partial charge in [-0.1, -0.05) is 0 Å². The molecule has 1 N–H and O–H groups in total. The SMILES string of the molecule is COC(C)(C)C(O)c1nccn1C. The van der Waals surface area contributed by atoms with E-state index < -0.39 is 11.7 Å². The van der Waals surface area contributed by atoms with E-state index in [0.717, 1.165) is 0 Å². The summed E-state index contributed by atoms with van der Waals surface area (Å²) < 4.78 is 6.96. The summed E-state index contributed by atoms with van der Waals surface area (Å²) in [4.78, 5) is 4.06. The molecule has 13 heavy (non-hydrogen) atoms. The summed E-state index contributed by atoms with van der Waals surface area (Å²) in [5, 5.41) is 9.91. The van der Waals surface area contributed by atoms with E-state index in [4.69, 9.17) is 4.74 Å². The second-order valence-electron chi connectivity index (χ2n) is 3.61. The molecule has 0 aliphatic carbocycles. The molecule has 0 saturated carbocycles. The Hall–Kier alpha value is -0.870. The van der Waals surface area contributed by atoms with Crippen LogP contribution in [-0.2, 0) is 11.8 Å². The predicted octanol–water partition coefficient (Wildman–Crippen LogP) is 0.879. The van der Waals surface area contributed by atoms with Crippen molar-refractivity contribution < 1.29 is 9.84 Å². The maximum absolute atomic E-state index is 9.91. The van der Waals surface area contributed by atoms with E-state index in [0.29, 0.717) is 5.82 Å². The average Bonchev–Trinajstić information content (AvgIpc) is 2.50. The summed E-state index contributed by atoms with van der Waals surface area (Å²) in [5.41, 5.74) is -0.612. The summed E-state index contributed by atoms with van der Waals surface area (Å²) in [6, 6.07) is 0. The van der Waals surface area contributed by atoms with Gasteiger partial charge in [-0.3, -0.25) is 0 Å². The predicted molar refractivity (Wildman–Crippen MR) is 49.3 cm³/mol. The van der Waals surface area contributed by atoms with Crippen molar-refractivity contribution in [2.24, 2.45) is 7.05 Å². The van der Waals surface area contributed by atoms with Crippen LogP contribution in [0.1, 0.15) is 25.8 Å². The monoisotopic (exact) mass is 184 g/mol. The molecule has 0 bridgehead atoms. The van der Waals surface area contributed by atoms with E-state index in [9.17, 15) is 5.11 Å². The van der Waals surface area contributed by atoms with Crippen molar-refractivity contribution in [1.82, 2.24) is 9.55 Å². The summed E-state index contributed by atoms with van der Waals surface area (Å²) in [5.74, 6) is 0.617. The first-order chi connectivity index (χ1) is 5.99. The zero-order chi connectivity index (χ0) is 10.1. The Morgan fingerprint density at radius 1 is 1.62 bits per heavy atom. The van der Waals surface area contributed by atoms with E-state index in [1.165, 1.54) is 0 Å². The molecule has 0 aliphatic rings. The topological polar surface area (TPSA) is 47.3 Å². The Bertz CT molecular complexity index is 281. The number of aliphatic hydroxyl groups is 1. The molecule has 0 amide bonds. The lowest BCUT2D eigenvalue weighted by molar-refractivity contribution is -0.0838. The molecule has 0 saturated heterocycles. The maximum Gasteiger partial charge on any atom is 0.140 e. The highest BCUT2D eigenvalue weighted by Gasteiger charge is 2.31. The van der Waals surface area contributed by atoms with Gasteiger partial charge in [0.2, 0.25) is 0 Å². The fourth-order valence-corrected chi connectivity index (χ4v) is 1.06. The van der Waals surface area contributed by atoms with Crippen molar-refractivity contribution in [2.75, 3.05) is 7.11 Å². The van der Waals surface area contributed by atoms with Crippen LogP contribution in [0.25, 0.3) is 0 Å². The molecule has 1 rings (SSSR count). The van der Waals surface area contributed by atoms with Gasteiger partial charge < -0.3 is 14.4 Å². The summed E-state index contributed by atoms with van der Waals surface area (Å²) in [7, 11) is 3.42. The molecule has 1 atom stereocenters. The van der Waals surface area contributed by atoms with Crippen LogP contribution in [-0.4, -0.2) is 27.4 Å². The summed E-state index contributed by atoms with van der Waals surface area (Å²) >= 11 is 0. The zero-order valence-corrected chi connectivity index (χ0v) is 8.48. The molecule has 1 aromatic rings. The van der Waals surface area contributed by atoms with Crippen molar-refractivity contribution in [3.8, 4) is 0 Å². The Kier molecular flexibility index (Phi) is 2.73. The Labute approximate surface area is 78.2 Å². The van der Waals surface area contributed by atoms with Crippen molar-refractivity contribution in [3.05, 3.63) is 18.2 Å². The molecule has 0 aliphatic heterocycles. The quantitative estimate of drug-likeness (QED) is 0.758. The third-order valence-corrected chi connectivity index (χ3v) is 2.29. The van der Waals surface area contributed by atoms with Gasteiger partial charge in [0.15, 0.2) is 0 Å². The molecule has 1 unspecified atom stereocenters. The fourth-order valence-electron chi connectivity index (χ4n) is 1.06. The van der Waals surface area contributed by atoms with Gasteiger partial charge in [-0.15, -0.1) is 0 Å². The van der Waals surface area contributed by atoms with Gasteiger partial charge in [0.1, 0.15) is 11.9 Å². The highest BCUT2D eigenvalue weighted by molar-refractivity contribution is 5.01. The van der Waals surface area contributed by atoms with Gasteiger partial charge in [0.25, 0.3) is 0 Å². The largest absolute Gasteiger partial charge is 0.382 e. The van der Waals surface area contributed by atoms with Crippen molar-refractivity contribution in [2.45, 2.75) is 25.6 Å². The molecule has 0 spiro atoms. The lowest BCUT2D eigenvalue weighted by atomic mass is 10.0. The van der Waals surface area contributed by atoms with E-state index in [2.05, 4.69) is 4.98 Å². The fraction of sp³-hybridized carbons (Fsp3) is 0.667. The van der Waals surface area contributed by atoms with Gasteiger partial charge in [-0.2, -0.15) is 0 Å². The Balaban J connectivity index is 2.91. The van der Waals surface area contributed by atoms with E-state index >= 15 is 0 Å². The molecule has 4 nitrogen and oxygen atoms in total. The molecular weight excluding hydrogens is 168 g/mol. The van der Waals surface area contributed by atoms with Gasteiger partial charge >= 0.3 is 0 Å². The first-order valence-electron chi connectivity index (χ1n) is 4.19. The number of nitrogens with zero attached hydrogens (tertiary/aromatic N) is 2. The minimum atomic E-state index is -0.711. The second-order valence-corrected chi connectivity index (χ2v) is 3.61. The normalized spacial score (nSPS) is 14.5. The molecule has 0 fully saturated rings. The van der Waals surface area contributed by atoms with Gasteiger partial charge in [-0.05, 0) is 13.8 Å². The lowest BCUT2D eigenvalue weighted by Crippen LogP contribution is -2.33. The van der Waals surface area contributed by atoms with Crippen molar-refractivity contribution >= 4 is 0 Å². The summed E-state index contributed by atoms with van der Waals surface area (Å²) in [6.07, 6.45) is 2.74. The first-order valence-corrected chi connectivity index (χ1v) is 4.19. The number of hydrogen-bond acceptors (Lipinski definition) is 3. The van der Waals surface area contributed by atoms with Crippen molar-refractivity contribution in [1.29, 1.82) is 0 Å². The minimum absolute atomic E-state index is 0.612. The lowest BCUT2D eigenvalue weighted by Gasteiger charge is -2.28. The number of ether oxygens (including phenoxy) is 1. The number of aliphatic hydroxyl groups excluding tert-OH is 1. The number of aryl methyl sites for hydroxylation is 1. The zero-order valence-electron chi connectivity index (χ0n) is 8.48. The number of imidazole rings is 1. The molecule has 0 radical (unpaired) electrons. The molecule has 1 aromatic heterocycles. The number of methoxy groups -OCH3 is 1. The van der Waals surface area contributed by atoms with Crippen LogP contribution in [0, 0.1) is 0 Å². The van der Waals surface area contributed by atoms with Crippen LogP contribution in [0.5, 0.6) is 0 Å². The smallest absolute Gasteiger partial charge is 0.140 e. The van der Waals surface area contributed by atoms with Crippen LogP contribution < -0.4 is 0 Å². The number of hydrogen-bond donors (Lipinski definition) is 1. The highest BCUT2D eigenvalue weighted by Crippen LogP contribution is 2.26. The first kappa shape index (κ1) is 10.2. The van der Waals surface area contributed by atoms with E-state index in [-0.39, 0.29) is 0 Å². The van der Waals surface area contributed by atoms with Crippen LogP contribution in [0.4, 0.5) is 0 Å². The van der Waals surface area contributed by atoms with Gasteiger partial charge in [0.05, 0.1) is 5.60 Å². The second kappa shape index (κ2) is 3.47. The molecular formula is C9H16N2O2. The van der Waals surface area contributed by atoms with Crippen LogP contribution in [0.15, 0.2) is 12.4 Å². The molecule has 0 aromatic carbocycles. The maximum atomic E-state index is 9.91. The Morgan fingerprint density at radius 2 is 2.23 bits per heavy atom. The number of rotatable bonds is 3. The third kappa shape index (κ3) is 1.89. The van der Waals surface area contributed by atoms with Crippen LogP contribution in [0.3, 0.4) is 0 Å².